The van der Waals surface area contributed by atoms with E-state index in [0.29, 0.717) is 70.7 Å². The van der Waals surface area contributed by atoms with Crippen LogP contribution in [0.2, 0.25) is 0 Å². The van der Waals surface area contributed by atoms with Gasteiger partial charge in [-0.2, -0.15) is 0 Å². The van der Waals surface area contributed by atoms with Crippen LogP contribution in [-0.2, 0) is 44.8 Å². The Hall–Kier alpha value is -9.65. The third-order valence-corrected chi connectivity index (χ3v) is 26.1. The number of carbonyl (C=O) groups is 8. The van der Waals surface area contributed by atoms with Crippen molar-refractivity contribution in [1.29, 1.82) is 0 Å². The molecule has 0 bridgehead atoms. The number of nitrogens with zero attached hydrogens (tertiary/aromatic N) is 7. The largest absolute Gasteiger partial charge is 1.00 e. The number of halogens is 1. The van der Waals surface area contributed by atoms with Crippen molar-refractivity contribution in [3.63, 3.8) is 0 Å². The van der Waals surface area contributed by atoms with Gasteiger partial charge in [-0.25, -0.2) is 23.7 Å². The van der Waals surface area contributed by atoms with Crippen molar-refractivity contribution in [2.24, 2.45) is 0 Å². The van der Waals surface area contributed by atoms with Gasteiger partial charge in [-0.05, 0) is 284 Å². The quantitative estimate of drug-likeness (QED) is 0.0275. The summed E-state index contributed by atoms with van der Waals surface area (Å²) < 4.78 is 33.3. The number of likely N-dealkylation sites (tertiary alicyclic amines) is 3. The second kappa shape index (κ2) is 46.7. The summed E-state index contributed by atoms with van der Waals surface area (Å²) in [5.41, 5.74) is 8.19. The number of fused-ring (bicyclic) bond motifs is 4. The standard InChI is InChI=1S/C26H30N2O4.C25H28N2O4.C18H24N2O2.C13H16N2O2.C8H7FO2.C5H8O.C2H6O2.Na.H2O/c1-31-26(30)18-6-8-22(9-7-18)32-23-10-11-24-19(16-23)12-15-28(25(24)29)21-13-14-27(17-21)20-4-2-3-5-20;28-24-23-10-9-22(31-21-7-5-17(6-8-21)25(29)30)15-18(23)11-14-27(24)20-12-13-26(16-20)19-3-1-2-4-19;21-16-5-6-17-13(11-16)7-10-20(18(17)22)15-8-9-19(12-15)14-3-1-2-4-14;16-11-1-2-12-9(7-11)4-6-15(13(12)17)10-3-5-14-8-10;1-11-8(10)6-2-4-7(9)5-3-6;6-5-3-1-2-4-5;1-2-4-3;;/h6-11,16,20-21H,2-5,12-15,17H2,1H3;5-10,15,19-20H,1-4,11-14,16H2,(H,29,30);5-6,11,14-15,21H,1-4,7-10,12H2;1-2,7,10,14,16H,3-6,8H2;2-5H,1H3;1-4H2;3H,2H2,1H3;;1H2/q;;;;;;;+1;/p-1/t21-;20-;15-;10-;;;;;/m1111...../s1. The maximum atomic E-state index is 13.3. The van der Waals surface area contributed by atoms with E-state index in [4.69, 9.17) is 24.6 Å². The molecule has 8 heterocycles. The van der Waals surface area contributed by atoms with Gasteiger partial charge in [-0.3, -0.25) is 43.9 Å². The number of carbonyl (C=O) groups excluding carboxylic acids is 7. The molecule has 0 radical (unpaired) electrons. The van der Waals surface area contributed by atoms with Crippen molar-refractivity contribution >= 4 is 47.3 Å². The predicted molar refractivity (Wildman–Crippen MR) is 465 cm³/mol. The topological polar surface area (TPSA) is 328 Å². The van der Waals surface area contributed by atoms with Crippen LogP contribution >= 0.6 is 0 Å². The van der Waals surface area contributed by atoms with Crippen LogP contribution in [0.3, 0.4) is 0 Å². The molecule has 7 aromatic carbocycles. The van der Waals surface area contributed by atoms with E-state index >= 15 is 0 Å². The fraction of sp³-hybridized carbons (Fsp3) is 0.485. The number of aromatic hydroxyl groups is 2. The van der Waals surface area contributed by atoms with Crippen LogP contribution in [0.15, 0.2) is 146 Å². The predicted octanol–water partition coefficient (Wildman–Crippen LogP) is 11.7. The minimum absolute atomic E-state index is 0. The van der Waals surface area contributed by atoms with Crippen LogP contribution in [0.25, 0.3) is 0 Å². The van der Waals surface area contributed by atoms with E-state index in [-0.39, 0.29) is 87.5 Å². The Labute approximate surface area is 754 Å². The van der Waals surface area contributed by atoms with Crippen LogP contribution in [0.4, 0.5) is 4.39 Å². The van der Waals surface area contributed by atoms with Crippen LogP contribution in [0.5, 0.6) is 34.5 Å². The van der Waals surface area contributed by atoms with Crippen LogP contribution < -0.4 is 44.3 Å². The smallest absolute Gasteiger partial charge is 0.870 e. The number of amides is 4. The van der Waals surface area contributed by atoms with Gasteiger partial charge in [0.05, 0.1) is 37.5 Å². The molecule has 664 valence electrons. The molecule has 8 aliphatic heterocycles. The number of carboxylic acids is 1. The maximum Gasteiger partial charge on any atom is 1.00 e. The van der Waals surface area contributed by atoms with E-state index in [2.05, 4.69) is 44.3 Å². The van der Waals surface area contributed by atoms with Crippen molar-refractivity contribution < 1.29 is 122 Å². The number of ketones is 1. The Morgan fingerprint density at radius 3 is 1.03 bits per heavy atom. The molecule has 7 aromatic rings. The van der Waals surface area contributed by atoms with E-state index in [0.717, 1.165) is 218 Å². The van der Waals surface area contributed by atoms with Crippen LogP contribution in [0.1, 0.15) is 230 Å². The summed E-state index contributed by atoms with van der Waals surface area (Å²) >= 11 is 0. The molecule has 0 unspecified atom stereocenters. The molecule has 4 saturated carbocycles. The molecule has 28 heteroatoms. The molecule has 8 fully saturated rings. The van der Waals surface area contributed by atoms with Gasteiger partial charge in [0, 0.05) is 149 Å². The summed E-state index contributed by atoms with van der Waals surface area (Å²) in [5, 5.41) is 38.7. The fourth-order valence-electron chi connectivity index (χ4n) is 19.4. The molecule has 0 aromatic heterocycles. The Kier molecular flexibility index (Phi) is 35.9. The second-order valence-electron chi connectivity index (χ2n) is 33.8. The third-order valence-electron chi connectivity index (χ3n) is 26.1. The zero-order valence-corrected chi connectivity index (χ0v) is 74.6. The van der Waals surface area contributed by atoms with Gasteiger partial charge in [0.1, 0.15) is 46.1 Å². The number of esters is 2. The molecule has 4 atom stereocenters. The van der Waals surface area contributed by atoms with Gasteiger partial charge in [0.2, 0.25) is 0 Å². The van der Waals surface area contributed by atoms with E-state index in [9.17, 15) is 53.0 Å². The monoisotopic (exact) mass is 1730 g/mol. The number of rotatable bonds is 15. The number of ether oxygens (including phenoxy) is 4. The normalized spacial score (nSPS) is 21.0. The molecular formula is C97H120FN8NaO18. The number of Topliss-reactive ketones (excluding diaryl/α,β-unsaturated/α-hetero) is 1. The van der Waals surface area contributed by atoms with Crippen molar-refractivity contribution in [3.8, 4) is 34.5 Å². The van der Waals surface area contributed by atoms with Crippen LogP contribution in [0, 0.1) is 5.82 Å². The number of carboxylic acid groups (broad SMARTS) is 1. The number of hydrogen-bond donors (Lipinski definition) is 5. The summed E-state index contributed by atoms with van der Waals surface area (Å²) in [6.07, 6.45) is 27.7. The minimum Gasteiger partial charge on any atom is -0.870 e. The van der Waals surface area contributed by atoms with Gasteiger partial charge in [0.15, 0.2) is 0 Å². The summed E-state index contributed by atoms with van der Waals surface area (Å²) in [5.74, 6) is 1.93. The Balaban J connectivity index is 0.000000152. The molecule has 12 aliphatic rings. The molecule has 0 spiro atoms. The molecule has 19 rings (SSSR count). The number of phenolic OH excluding ortho intramolecular Hbond substituents is 2. The first kappa shape index (κ1) is 96.0. The Morgan fingerprint density at radius 2 is 0.720 bits per heavy atom. The van der Waals surface area contributed by atoms with Crippen molar-refractivity contribution in [1.82, 2.24) is 39.6 Å². The number of aromatic carboxylic acids is 1. The Morgan fingerprint density at radius 1 is 0.400 bits per heavy atom. The number of benzene rings is 7. The van der Waals surface area contributed by atoms with Crippen LogP contribution in [-0.4, -0.2) is 249 Å². The van der Waals surface area contributed by atoms with E-state index < -0.39 is 11.9 Å². The molecule has 4 saturated heterocycles. The average Bonchev–Trinajstić information content (AvgIpc) is 1.76. The molecule has 6 N–H and O–H groups in total. The van der Waals surface area contributed by atoms with Gasteiger partial charge >= 0.3 is 47.5 Å². The molecular weight excluding hydrogens is 1610 g/mol. The third kappa shape index (κ3) is 25.2. The fourth-order valence-corrected chi connectivity index (χ4v) is 19.4. The first-order valence-electron chi connectivity index (χ1n) is 44.3. The summed E-state index contributed by atoms with van der Waals surface area (Å²) in [6.45, 7) is 13.5. The zero-order chi connectivity index (χ0) is 86.5. The van der Waals surface area contributed by atoms with Gasteiger partial charge < -0.3 is 64.7 Å². The van der Waals surface area contributed by atoms with Gasteiger partial charge in [-0.15, -0.1) is 0 Å². The van der Waals surface area contributed by atoms with Crippen molar-refractivity contribution in [3.05, 3.63) is 213 Å². The summed E-state index contributed by atoms with van der Waals surface area (Å²) in [4.78, 5) is 115. The first-order valence-corrected chi connectivity index (χ1v) is 44.3. The number of hydrogen-bond acceptors (Lipinski definition) is 21. The average molecular weight is 1730 g/mol. The summed E-state index contributed by atoms with van der Waals surface area (Å²) in [6, 6.07) is 43.5. The van der Waals surface area contributed by atoms with Gasteiger partial charge in [-0.1, -0.05) is 38.5 Å². The minimum atomic E-state index is -0.961. The molecule has 125 heavy (non-hydrogen) atoms. The summed E-state index contributed by atoms with van der Waals surface area (Å²) in [7, 11) is 2.65. The number of nitrogens with one attached hydrogen (secondary N) is 1. The molecule has 26 nitrogen and oxygen atoms in total. The van der Waals surface area contributed by atoms with Crippen molar-refractivity contribution in [2.45, 2.75) is 203 Å². The number of methoxy groups -OCH3 is 2. The zero-order valence-electron chi connectivity index (χ0n) is 72.6. The SMILES string of the molecule is CCOO.COC(=O)c1ccc(F)cc1.COC(=O)c1ccc(Oc2ccc3c(c2)CCN([C@@H]2CCN(C4CCCC4)C2)C3=O)cc1.O=C(O)c1ccc(Oc2ccc3c(c2)CCN([C@@H]2CCN(C4CCCC4)C2)C3=O)cc1.O=C1CCCC1.O=C1c2ccc(O)cc2CCN1[C@@H]1CCN(C2CCCC2)C1.O=C1c2ccc(O)cc2CCN1[C@@H]1CCNC1.[Na+].[OH-]. The Bertz CT molecular complexity index is 4780. The maximum absolute atomic E-state index is 13.3. The first-order chi connectivity index (χ1) is 59.7. The van der Waals surface area contributed by atoms with E-state index in [1.807, 2.05) is 41.3 Å². The van der Waals surface area contributed by atoms with Crippen molar-refractivity contribution in [2.75, 3.05) is 99.4 Å². The van der Waals surface area contributed by atoms with Gasteiger partial charge in [0.25, 0.3) is 23.6 Å². The molecule has 4 aliphatic carbocycles. The van der Waals surface area contributed by atoms with E-state index in [1.54, 1.807) is 79.7 Å². The molecule has 4 amide bonds. The number of phenols is 2. The second-order valence-corrected chi connectivity index (χ2v) is 33.8. The van der Waals surface area contributed by atoms with E-state index in [1.165, 1.54) is 128 Å².